The lowest BCUT2D eigenvalue weighted by Crippen LogP contribution is -2.32. The van der Waals surface area contributed by atoms with Crippen molar-refractivity contribution in [1.29, 1.82) is 0 Å². The van der Waals surface area contributed by atoms with E-state index >= 15 is 0 Å². The molecule has 2 unspecified atom stereocenters. The third-order valence-electron chi connectivity index (χ3n) is 4.34. The molecule has 1 saturated carbocycles. The van der Waals surface area contributed by atoms with Crippen LogP contribution in [0.5, 0.6) is 0 Å². The van der Waals surface area contributed by atoms with Crippen LogP contribution in [0.25, 0.3) is 0 Å². The van der Waals surface area contributed by atoms with E-state index in [1.807, 2.05) is 18.2 Å². The van der Waals surface area contributed by atoms with Gasteiger partial charge in [-0.15, -0.1) is 0 Å². The van der Waals surface area contributed by atoms with Crippen LogP contribution in [0.3, 0.4) is 0 Å². The zero-order valence-electron chi connectivity index (χ0n) is 11.4. The molecule has 2 nitrogen and oxygen atoms in total. The molecule has 18 heavy (non-hydrogen) atoms. The van der Waals surface area contributed by atoms with Crippen LogP contribution in [-0.4, -0.2) is 12.3 Å². The Labute approximate surface area is 110 Å². The Kier molecular flexibility index (Phi) is 4.18. The van der Waals surface area contributed by atoms with E-state index in [-0.39, 0.29) is 5.92 Å². The summed E-state index contributed by atoms with van der Waals surface area (Å²) in [4.78, 5) is 12.6. The Morgan fingerprint density at radius 1 is 1.22 bits per heavy atom. The highest BCUT2D eigenvalue weighted by Gasteiger charge is 2.30. The molecule has 0 aromatic heterocycles. The fourth-order valence-electron chi connectivity index (χ4n) is 2.94. The van der Waals surface area contributed by atoms with Crippen molar-refractivity contribution in [3.05, 3.63) is 34.9 Å². The molecule has 1 aliphatic rings. The predicted molar refractivity (Wildman–Crippen MR) is 74.7 cm³/mol. The zero-order valence-corrected chi connectivity index (χ0v) is 11.4. The van der Waals surface area contributed by atoms with Crippen molar-refractivity contribution in [3.8, 4) is 0 Å². The molecule has 2 rings (SSSR count). The van der Waals surface area contributed by atoms with Crippen molar-refractivity contribution < 1.29 is 4.79 Å². The molecule has 2 N–H and O–H groups in total. The Morgan fingerprint density at radius 3 is 2.61 bits per heavy atom. The van der Waals surface area contributed by atoms with Crippen molar-refractivity contribution in [2.45, 2.75) is 39.5 Å². The summed E-state index contributed by atoms with van der Waals surface area (Å²) in [6.07, 6.45) is 4.50. The Bertz CT molecular complexity index is 439. The van der Waals surface area contributed by atoms with Crippen LogP contribution in [-0.2, 0) is 0 Å². The van der Waals surface area contributed by atoms with Crippen molar-refractivity contribution in [3.63, 3.8) is 0 Å². The van der Waals surface area contributed by atoms with Crippen molar-refractivity contribution >= 4 is 5.78 Å². The molecule has 0 heterocycles. The van der Waals surface area contributed by atoms with Crippen LogP contribution in [0, 0.1) is 25.7 Å². The summed E-state index contributed by atoms with van der Waals surface area (Å²) in [5.41, 5.74) is 9.11. The highest BCUT2D eigenvalue weighted by molar-refractivity contribution is 5.98. The number of rotatable bonds is 3. The lowest BCUT2D eigenvalue weighted by molar-refractivity contribution is 0.0829. The first-order valence-corrected chi connectivity index (χ1v) is 6.95. The number of hydrogen-bond donors (Lipinski definition) is 1. The van der Waals surface area contributed by atoms with Crippen molar-refractivity contribution in [2.75, 3.05) is 6.54 Å². The third-order valence-corrected chi connectivity index (χ3v) is 4.34. The maximum Gasteiger partial charge on any atom is 0.166 e. The Morgan fingerprint density at radius 2 is 1.94 bits per heavy atom. The van der Waals surface area contributed by atoms with E-state index in [9.17, 15) is 4.79 Å². The average Bonchev–Trinajstić information content (AvgIpc) is 2.41. The maximum absolute atomic E-state index is 12.6. The van der Waals surface area contributed by atoms with Gasteiger partial charge in [0, 0.05) is 11.5 Å². The number of nitrogens with two attached hydrogens (primary N) is 1. The molecule has 1 aliphatic carbocycles. The second kappa shape index (κ2) is 5.66. The van der Waals surface area contributed by atoms with Gasteiger partial charge in [0.1, 0.15) is 0 Å². The van der Waals surface area contributed by atoms with Gasteiger partial charge < -0.3 is 5.73 Å². The largest absolute Gasteiger partial charge is 0.330 e. The summed E-state index contributed by atoms with van der Waals surface area (Å²) in [5, 5.41) is 0. The molecule has 2 heteroatoms. The predicted octanol–water partition coefficient (Wildman–Crippen LogP) is 3.25. The van der Waals surface area contributed by atoms with Gasteiger partial charge in [-0.05, 0) is 56.3 Å². The van der Waals surface area contributed by atoms with Crippen LogP contribution >= 0.6 is 0 Å². The molecule has 0 spiro atoms. The first-order chi connectivity index (χ1) is 8.63. The summed E-state index contributed by atoms with van der Waals surface area (Å²) in [6, 6.07) is 6.04. The zero-order chi connectivity index (χ0) is 13.1. The fourth-order valence-corrected chi connectivity index (χ4v) is 2.94. The van der Waals surface area contributed by atoms with Crippen LogP contribution in [0.2, 0.25) is 0 Å². The van der Waals surface area contributed by atoms with Gasteiger partial charge in [0.25, 0.3) is 0 Å². The number of benzene rings is 1. The van der Waals surface area contributed by atoms with Gasteiger partial charge >= 0.3 is 0 Å². The number of carbonyl (C=O) groups is 1. The Balaban J connectivity index is 2.21. The van der Waals surface area contributed by atoms with E-state index in [0.29, 0.717) is 18.2 Å². The summed E-state index contributed by atoms with van der Waals surface area (Å²) < 4.78 is 0. The number of carbonyl (C=O) groups excluding carboxylic acids is 1. The van der Waals surface area contributed by atoms with Crippen LogP contribution < -0.4 is 5.73 Å². The SMILES string of the molecule is Cc1ccc(C(=O)C2CCCCC2CN)cc1C. The average molecular weight is 245 g/mol. The van der Waals surface area contributed by atoms with Crippen LogP contribution in [0.4, 0.5) is 0 Å². The van der Waals surface area contributed by atoms with E-state index in [0.717, 1.165) is 24.8 Å². The van der Waals surface area contributed by atoms with Crippen molar-refractivity contribution in [1.82, 2.24) is 0 Å². The lowest BCUT2D eigenvalue weighted by Gasteiger charge is -2.29. The second-order valence-electron chi connectivity index (χ2n) is 5.55. The molecular formula is C16H23NO. The topological polar surface area (TPSA) is 43.1 Å². The normalized spacial score (nSPS) is 23.9. The number of aryl methyl sites for hydroxylation is 2. The monoisotopic (exact) mass is 245 g/mol. The van der Waals surface area contributed by atoms with E-state index in [2.05, 4.69) is 13.8 Å². The molecule has 1 fully saturated rings. The van der Waals surface area contributed by atoms with Gasteiger partial charge in [-0.3, -0.25) is 4.79 Å². The van der Waals surface area contributed by atoms with Gasteiger partial charge in [0.15, 0.2) is 5.78 Å². The molecule has 2 atom stereocenters. The Hall–Kier alpha value is -1.15. The summed E-state index contributed by atoms with van der Waals surface area (Å²) in [7, 11) is 0. The first kappa shape index (κ1) is 13.3. The van der Waals surface area contributed by atoms with Crippen LogP contribution in [0.1, 0.15) is 47.2 Å². The minimum Gasteiger partial charge on any atom is -0.330 e. The molecule has 0 bridgehead atoms. The summed E-state index contributed by atoms with van der Waals surface area (Å²) in [5.74, 6) is 0.826. The number of ketones is 1. The molecule has 0 saturated heterocycles. The van der Waals surface area contributed by atoms with Crippen LogP contribution in [0.15, 0.2) is 18.2 Å². The van der Waals surface area contributed by atoms with E-state index in [4.69, 9.17) is 5.73 Å². The van der Waals surface area contributed by atoms with E-state index in [1.165, 1.54) is 17.5 Å². The third kappa shape index (κ3) is 2.64. The van der Waals surface area contributed by atoms with Gasteiger partial charge in [0.2, 0.25) is 0 Å². The lowest BCUT2D eigenvalue weighted by atomic mass is 9.75. The van der Waals surface area contributed by atoms with Gasteiger partial charge in [-0.1, -0.05) is 25.0 Å². The number of hydrogen-bond acceptors (Lipinski definition) is 2. The molecular weight excluding hydrogens is 222 g/mol. The molecule has 1 aromatic carbocycles. The van der Waals surface area contributed by atoms with Gasteiger partial charge in [0.05, 0.1) is 0 Å². The minimum atomic E-state index is 0.144. The van der Waals surface area contributed by atoms with Gasteiger partial charge in [-0.25, -0.2) is 0 Å². The van der Waals surface area contributed by atoms with Crippen molar-refractivity contribution in [2.24, 2.45) is 17.6 Å². The van der Waals surface area contributed by atoms with Gasteiger partial charge in [-0.2, -0.15) is 0 Å². The first-order valence-electron chi connectivity index (χ1n) is 6.95. The molecule has 0 amide bonds. The molecule has 0 radical (unpaired) electrons. The number of Topliss-reactive ketones (excluding diaryl/α,β-unsaturated/α-hetero) is 1. The summed E-state index contributed by atoms with van der Waals surface area (Å²) >= 11 is 0. The molecule has 98 valence electrons. The standard InChI is InChI=1S/C16H23NO/c1-11-7-8-13(9-12(11)2)16(18)15-6-4-3-5-14(15)10-17/h7-9,14-15H,3-6,10,17H2,1-2H3. The second-order valence-corrected chi connectivity index (χ2v) is 5.55. The molecule has 0 aliphatic heterocycles. The fraction of sp³-hybridized carbons (Fsp3) is 0.562. The van der Waals surface area contributed by atoms with E-state index in [1.54, 1.807) is 0 Å². The smallest absolute Gasteiger partial charge is 0.166 e. The highest BCUT2D eigenvalue weighted by Crippen LogP contribution is 2.32. The maximum atomic E-state index is 12.6. The quantitative estimate of drug-likeness (QED) is 0.831. The molecule has 1 aromatic rings. The highest BCUT2D eigenvalue weighted by atomic mass is 16.1. The minimum absolute atomic E-state index is 0.144. The van der Waals surface area contributed by atoms with E-state index < -0.39 is 0 Å². The summed E-state index contributed by atoms with van der Waals surface area (Å²) in [6.45, 7) is 4.78.